The van der Waals surface area contributed by atoms with Gasteiger partial charge in [-0.15, -0.1) is 0 Å². The lowest BCUT2D eigenvalue weighted by Gasteiger charge is -2.20. The van der Waals surface area contributed by atoms with Crippen LogP contribution in [0.5, 0.6) is 0 Å². The third-order valence-corrected chi connectivity index (χ3v) is 2.41. The zero-order valence-electron chi connectivity index (χ0n) is 11.6. The normalized spacial score (nSPS) is 12.4. The summed E-state index contributed by atoms with van der Waals surface area (Å²) in [5.74, 6) is 1.36. The molecule has 0 saturated carbocycles. The van der Waals surface area contributed by atoms with Crippen molar-refractivity contribution in [3.63, 3.8) is 0 Å². The first-order valence-corrected chi connectivity index (χ1v) is 6.30. The van der Waals surface area contributed by atoms with Crippen molar-refractivity contribution in [3.05, 3.63) is 17.5 Å². The molecule has 0 aliphatic carbocycles. The average molecular weight is 239 g/mol. The van der Waals surface area contributed by atoms with Crippen LogP contribution in [0.15, 0.2) is 10.6 Å². The van der Waals surface area contributed by atoms with Gasteiger partial charge in [-0.25, -0.2) is 0 Å². The van der Waals surface area contributed by atoms with Crippen LogP contribution < -0.4 is 10.6 Å². The van der Waals surface area contributed by atoms with Crippen LogP contribution in [0.4, 0.5) is 0 Å². The molecule has 0 radical (unpaired) electrons. The molecule has 1 aromatic heterocycles. The fraction of sp³-hybridized carbons (Fsp3) is 0.769. The summed E-state index contributed by atoms with van der Waals surface area (Å²) < 4.78 is 5.23. The van der Waals surface area contributed by atoms with Gasteiger partial charge in [-0.1, -0.05) is 19.0 Å². The monoisotopic (exact) mass is 239 g/mol. The van der Waals surface area contributed by atoms with Crippen molar-refractivity contribution in [3.8, 4) is 0 Å². The number of nitrogens with zero attached hydrogens (tertiary/aromatic N) is 1. The van der Waals surface area contributed by atoms with Crippen molar-refractivity contribution in [2.75, 3.05) is 13.1 Å². The molecule has 0 unspecified atom stereocenters. The summed E-state index contributed by atoms with van der Waals surface area (Å²) in [6.07, 6.45) is 0. The average Bonchev–Trinajstić information content (AvgIpc) is 2.64. The zero-order valence-corrected chi connectivity index (χ0v) is 11.6. The highest BCUT2D eigenvalue weighted by atomic mass is 16.5. The van der Waals surface area contributed by atoms with Crippen molar-refractivity contribution in [2.45, 2.75) is 52.6 Å². The van der Waals surface area contributed by atoms with Crippen LogP contribution in [0.25, 0.3) is 0 Å². The van der Waals surface area contributed by atoms with Crippen LogP contribution in [-0.4, -0.2) is 23.8 Å². The minimum absolute atomic E-state index is 0.181. The Labute approximate surface area is 104 Å². The van der Waals surface area contributed by atoms with Crippen molar-refractivity contribution >= 4 is 0 Å². The van der Waals surface area contributed by atoms with E-state index >= 15 is 0 Å². The van der Waals surface area contributed by atoms with Gasteiger partial charge in [0.25, 0.3) is 0 Å². The minimum atomic E-state index is 0.181. The second-order valence-corrected chi connectivity index (χ2v) is 5.73. The van der Waals surface area contributed by atoms with E-state index in [2.05, 4.69) is 50.4 Å². The highest BCUT2D eigenvalue weighted by molar-refractivity contribution is 5.08. The number of hydrogen-bond donors (Lipinski definition) is 2. The van der Waals surface area contributed by atoms with Crippen molar-refractivity contribution in [1.82, 2.24) is 15.8 Å². The van der Waals surface area contributed by atoms with E-state index in [1.54, 1.807) is 0 Å². The first-order chi connectivity index (χ1) is 7.88. The van der Waals surface area contributed by atoms with Gasteiger partial charge in [-0.3, -0.25) is 0 Å². The maximum Gasteiger partial charge on any atom is 0.139 e. The molecule has 98 valence electrons. The van der Waals surface area contributed by atoms with Crippen LogP contribution >= 0.6 is 0 Å². The number of nitrogens with one attached hydrogen (secondary N) is 2. The van der Waals surface area contributed by atoms with Gasteiger partial charge in [0, 0.05) is 37.2 Å². The topological polar surface area (TPSA) is 50.1 Å². The molecular weight excluding hydrogens is 214 g/mol. The molecule has 17 heavy (non-hydrogen) atoms. The Bertz CT molecular complexity index is 326. The summed E-state index contributed by atoms with van der Waals surface area (Å²) in [6, 6.07) is 2.02. The maximum absolute atomic E-state index is 5.23. The first kappa shape index (κ1) is 14.2. The SMILES string of the molecule is CC(C)c1cc(CNCCNC(C)(C)C)no1. The molecule has 0 atom stereocenters. The summed E-state index contributed by atoms with van der Waals surface area (Å²) >= 11 is 0. The van der Waals surface area contributed by atoms with Crippen LogP contribution in [0.3, 0.4) is 0 Å². The van der Waals surface area contributed by atoms with Gasteiger partial charge in [0.05, 0.1) is 5.69 Å². The third kappa shape index (κ3) is 5.84. The number of aromatic nitrogens is 1. The maximum atomic E-state index is 5.23. The quantitative estimate of drug-likeness (QED) is 0.748. The lowest BCUT2D eigenvalue weighted by Crippen LogP contribution is -2.40. The van der Waals surface area contributed by atoms with Crippen LogP contribution in [0, 0.1) is 0 Å². The van der Waals surface area contributed by atoms with Crippen molar-refractivity contribution in [2.24, 2.45) is 0 Å². The highest BCUT2D eigenvalue weighted by Crippen LogP contribution is 2.14. The predicted molar refractivity (Wildman–Crippen MR) is 70.1 cm³/mol. The molecule has 0 aliphatic heterocycles. The fourth-order valence-corrected chi connectivity index (χ4v) is 1.43. The van der Waals surface area contributed by atoms with E-state index in [-0.39, 0.29) is 5.54 Å². The summed E-state index contributed by atoms with van der Waals surface area (Å²) in [4.78, 5) is 0. The van der Waals surface area contributed by atoms with Crippen LogP contribution in [0.2, 0.25) is 0 Å². The molecule has 0 amide bonds. The molecule has 0 spiro atoms. The zero-order chi connectivity index (χ0) is 12.9. The molecule has 4 nitrogen and oxygen atoms in total. The second kappa shape index (κ2) is 6.17. The molecule has 1 heterocycles. The van der Waals surface area contributed by atoms with E-state index in [0.717, 1.165) is 31.1 Å². The summed E-state index contributed by atoms with van der Waals surface area (Å²) in [7, 11) is 0. The van der Waals surface area contributed by atoms with E-state index in [4.69, 9.17) is 4.52 Å². The summed E-state index contributed by atoms with van der Waals surface area (Å²) in [6.45, 7) is 13.4. The Hall–Kier alpha value is -0.870. The van der Waals surface area contributed by atoms with E-state index in [1.807, 2.05) is 6.07 Å². The van der Waals surface area contributed by atoms with Crippen molar-refractivity contribution in [1.29, 1.82) is 0 Å². The Morgan fingerprint density at radius 2 is 2.00 bits per heavy atom. The fourth-order valence-electron chi connectivity index (χ4n) is 1.43. The van der Waals surface area contributed by atoms with Crippen LogP contribution in [0.1, 0.15) is 52.0 Å². The third-order valence-electron chi connectivity index (χ3n) is 2.41. The number of rotatable bonds is 6. The molecule has 2 N–H and O–H groups in total. The minimum Gasteiger partial charge on any atom is -0.361 e. The molecule has 1 rings (SSSR count). The van der Waals surface area contributed by atoms with Gasteiger partial charge in [-0.05, 0) is 20.8 Å². The van der Waals surface area contributed by atoms with Gasteiger partial charge in [-0.2, -0.15) is 0 Å². The Balaban J connectivity index is 2.18. The Kier molecular flexibility index (Phi) is 5.15. The second-order valence-electron chi connectivity index (χ2n) is 5.73. The largest absolute Gasteiger partial charge is 0.361 e. The van der Waals surface area contributed by atoms with Gasteiger partial charge in [0.1, 0.15) is 5.76 Å². The smallest absolute Gasteiger partial charge is 0.139 e. The lowest BCUT2D eigenvalue weighted by molar-refractivity contribution is 0.363. The van der Waals surface area contributed by atoms with E-state index in [1.165, 1.54) is 0 Å². The predicted octanol–water partition coefficient (Wildman–Crippen LogP) is 2.28. The molecule has 0 saturated heterocycles. The summed E-state index contributed by atoms with van der Waals surface area (Å²) in [5, 5.41) is 10.8. The first-order valence-electron chi connectivity index (χ1n) is 6.30. The lowest BCUT2D eigenvalue weighted by atomic mass is 10.1. The molecule has 0 bridgehead atoms. The Morgan fingerprint density at radius 3 is 2.53 bits per heavy atom. The molecule has 4 heteroatoms. The van der Waals surface area contributed by atoms with Crippen LogP contribution in [-0.2, 0) is 6.54 Å². The Morgan fingerprint density at radius 1 is 1.29 bits per heavy atom. The molecule has 0 aromatic carbocycles. The van der Waals surface area contributed by atoms with Gasteiger partial charge in [0.2, 0.25) is 0 Å². The van der Waals surface area contributed by atoms with E-state index in [0.29, 0.717) is 5.92 Å². The number of hydrogen-bond acceptors (Lipinski definition) is 4. The standard InChI is InChI=1S/C13H25N3O/c1-10(2)12-8-11(16-17-12)9-14-6-7-15-13(3,4)5/h8,10,14-15H,6-7,9H2,1-5H3. The molecule has 0 aliphatic rings. The highest BCUT2D eigenvalue weighted by Gasteiger charge is 2.08. The van der Waals surface area contributed by atoms with E-state index < -0.39 is 0 Å². The molecule has 1 aromatic rings. The van der Waals surface area contributed by atoms with E-state index in [9.17, 15) is 0 Å². The van der Waals surface area contributed by atoms with Gasteiger partial charge in [0.15, 0.2) is 0 Å². The summed E-state index contributed by atoms with van der Waals surface area (Å²) in [5.41, 5.74) is 1.16. The van der Waals surface area contributed by atoms with Gasteiger partial charge >= 0.3 is 0 Å². The van der Waals surface area contributed by atoms with Gasteiger partial charge < -0.3 is 15.2 Å². The molecular formula is C13H25N3O. The molecule has 0 fully saturated rings. The van der Waals surface area contributed by atoms with Crippen molar-refractivity contribution < 1.29 is 4.52 Å².